The van der Waals surface area contributed by atoms with Gasteiger partial charge in [-0.1, -0.05) is 13.8 Å². The number of nitrogens with one attached hydrogen (secondary N) is 1. The van der Waals surface area contributed by atoms with E-state index in [1.165, 1.54) is 0 Å². The van der Waals surface area contributed by atoms with Gasteiger partial charge in [-0.15, -0.1) is 0 Å². The number of carbonyl (C=O) groups is 1. The minimum atomic E-state index is -3.90. The van der Waals surface area contributed by atoms with Crippen LogP contribution in [0.4, 0.5) is 0 Å². The van der Waals surface area contributed by atoms with Gasteiger partial charge in [0.1, 0.15) is 5.56 Å². The molecule has 0 aromatic carbocycles. The first-order valence-corrected chi connectivity index (χ1v) is 8.09. The average molecular weight is 317 g/mol. The topological polar surface area (TPSA) is 113 Å². The van der Waals surface area contributed by atoms with Crippen molar-refractivity contribution in [3.05, 3.63) is 11.8 Å². The Hall–Kier alpha value is -1.45. The Balaban J connectivity index is 2.23. The number of sulfonamides is 1. The smallest absolute Gasteiger partial charge is 0.342 e. The molecule has 0 atom stereocenters. The molecule has 0 saturated carbocycles. The maximum Gasteiger partial charge on any atom is 0.342 e. The van der Waals surface area contributed by atoms with Crippen LogP contribution in [0.25, 0.3) is 0 Å². The third-order valence-corrected chi connectivity index (χ3v) is 5.44. The summed E-state index contributed by atoms with van der Waals surface area (Å²) >= 11 is 0. The minimum Gasteiger partial charge on any atom is -0.462 e. The highest BCUT2D eigenvalue weighted by Gasteiger charge is 2.50. The van der Waals surface area contributed by atoms with Crippen LogP contribution in [0.5, 0.6) is 0 Å². The molecule has 2 heterocycles. The highest BCUT2D eigenvalue weighted by atomic mass is 32.2. The summed E-state index contributed by atoms with van der Waals surface area (Å²) in [5.74, 6) is -0.806. The summed E-state index contributed by atoms with van der Waals surface area (Å²) < 4.78 is 30.8. The number of ether oxygens (including phenoxy) is 1. The van der Waals surface area contributed by atoms with Crippen LogP contribution in [-0.4, -0.2) is 59.3 Å². The molecule has 8 nitrogen and oxygen atoms in total. The van der Waals surface area contributed by atoms with Crippen LogP contribution in [-0.2, 0) is 14.8 Å². The Kier molecular flexibility index (Phi) is 4.09. The van der Waals surface area contributed by atoms with E-state index in [-0.39, 0.29) is 36.2 Å². The van der Waals surface area contributed by atoms with Crippen molar-refractivity contribution in [3.8, 4) is 0 Å². The summed E-state index contributed by atoms with van der Waals surface area (Å²) in [5.41, 5.74) is -1.16. The van der Waals surface area contributed by atoms with E-state index in [1.54, 1.807) is 6.92 Å². The predicted octanol–water partition coefficient (Wildman–Crippen LogP) is -0.0222. The first-order valence-electron chi connectivity index (χ1n) is 6.65. The van der Waals surface area contributed by atoms with Gasteiger partial charge in [-0.25, -0.2) is 13.2 Å². The zero-order chi connectivity index (χ0) is 15.8. The van der Waals surface area contributed by atoms with Crippen molar-refractivity contribution in [2.45, 2.75) is 31.4 Å². The largest absolute Gasteiger partial charge is 0.462 e. The maximum atomic E-state index is 12.5. The number of carbonyl (C=O) groups excluding carboxylic acids is 1. The van der Waals surface area contributed by atoms with Crippen LogP contribution in [0.1, 0.15) is 31.1 Å². The van der Waals surface area contributed by atoms with Gasteiger partial charge < -0.3 is 9.84 Å². The van der Waals surface area contributed by atoms with Crippen molar-refractivity contribution < 1.29 is 23.1 Å². The molecule has 1 saturated heterocycles. The fourth-order valence-corrected chi connectivity index (χ4v) is 3.68. The van der Waals surface area contributed by atoms with Crippen LogP contribution in [0.2, 0.25) is 0 Å². The Labute approximate surface area is 123 Å². The molecule has 1 aliphatic rings. The summed E-state index contributed by atoms with van der Waals surface area (Å²) in [5, 5.41) is 15.8. The van der Waals surface area contributed by atoms with Gasteiger partial charge in [0.25, 0.3) is 10.0 Å². The molecular weight excluding hydrogens is 298 g/mol. The molecule has 0 bridgehead atoms. The normalized spacial score (nSPS) is 18.5. The monoisotopic (exact) mass is 317 g/mol. The predicted molar refractivity (Wildman–Crippen MR) is 73.1 cm³/mol. The van der Waals surface area contributed by atoms with Gasteiger partial charge in [0.2, 0.25) is 0 Å². The van der Waals surface area contributed by atoms with Gasteiger partial charge >= 0.3 is 5.97 Å². The number of hydrogen-bond acceptors (Lipinski definition) is 6. The van der Waals surface area contributed by atoms with E-state index in [2.05, 4.69) is 10.2 Å². The summed E-state index contributed by atoms with van der Waals surface area (Å²) in [6, 6.07) is 0. The molecule has 0 amide bonds. The summed E-state index contributed by atoms with van der Waals surface area (Å²) in [6.07, 6.45) is 1.12. The maximum absolute atomic E-state index is 12.5. The van der Waals surface area contributed by atoms with Crippen LogP contribution in [0.3, 0.4) is 0 Å². The van der Waals surface area contributed by atoms with Crippen molar-refractivity contribution in [3.63, 3.8) is 0 Å². The number of aliphatic hydroxyl groups is 1. The standard InChI is InChI=1S/C12H19N3O5S/c1-4-20-11(16)9-5-13-14-10(9)21(18,19)15-6-12(17,7-15)8(2)3/h5,8,17H,4,6-7H2,1-3H3,(H,13,14). The van der Waals surface area contributed by atoms with Gasteiger partial charge in [0.15, 0.2) is 5.03 Å². The molecule has 1 aliphatic heterocycles. The zero-order valence-corrected chi connectivity index (χ0v) is 13.0. The van der Waals surface area contributed by atoms with Crippen molar-refractivity contribution in [2.75, 3.05) is 19.7 Å². The van der Waals surface area contributed by atoms with E-state index in [0.717, 1.165) is 10.5 Å². The SMILES string of the molecule is CCOC(=O)c1cn[nH]c1S(=O)(=O)N1CC(O)(C(C)C)C1. The average Bonchev–Trinajstić information content (AvgIpc) is 2.84. The number of β-amino-alcohol motifs (C(OH)–C–C–N with tert-alkyl or cyclic N) is 1. The first kappa shape index (κ1) is 15.9. The molecule has 1 aromatic heterocycles. The van der Waals surface area contributed by atoms with Gasteiger partial charge in [-0.3, -0.25) is 5.10 Å². The molecule has 0 spiro atoms. The molecular formula is C12H19N3O5S. The van der Waals surface area contributed by atoms with E-state index in [9.17, 15) is 18.3 Å². The molecule has 2 rings (SSSR count). The highest BCUT2D eigenvalue weighted by Crippen LogP contribution is 2.33. The van der Waals surface area contributed by atoms with Gasteiger partial charge in [-0.05, 0) is 12.8 Å². The third-order valence-electron chi connectivity index (χ3n) is 3.67. The van der Waals surface area contributed by atoms with Gasteiger partial charge in [-0.2, -0.15) is 9.40 Å². The van der Waals surface area contributed by atoms with Crippen molar-refractivity contribution >= 4 is 16.0 Å². The molecule has 9 heteroatoms. The van der Waals surface area contributed by atoms with Crippen molar-refractivity contribution in [2.24, 2.45) is 5.92 Å². The molecule has 21 heavy (non-hydrogen) atoms. The summed E-state index contributed by atoms with van der Waals surface area (Å²) in [4.78, 5) is 11.7. The lowest BCUT2D eigenvalue weighted by Crippen LogP contribution is -2.65. The van der Waals surface area contributed by atoms with E-state index in [0.29, 0.717) is 0 Å². The zero-order valence-electron chi connectivity index (χ0n) is 12.2. The minimum absolute atomic E-state index is 0.00567. The van der Waals surface area contributed by atoms with Crippen LogP contribution in [0, 0.1) is 5.92 Å². The van der Waals surface area contributed by atoms with Crippen molar-refractivity contribution in [1.82, 2.24) is 14.5 Å². The molecule has 1 aromatic rings. The van der Waals surface area contributed by atoms with E-state index in [4.69, 9.17) is 4.74 Å². The second-order valence-corrected chi connectivity index (χ2v) is 7.24. The third kappa shape index (κ3) is 2.68. The Bertz CT molecular complexity index is 631. The Morgan fingerprint density at radius 3 is 2.71 bits per heavy atom. The highest BCUT2D eigenvalue weighted by molar-refractivity contribution is 7.89. The Morgan fingerprint density at radius 2 is 2.19 bits per heavy atom. The summed E-state index contributed by atoms with van der Waals surface area (Å²) in [7, 11) is -3.90. The Morgan fingerprint density at radius 1 is 1.57 bits per heavy atom. The fourth-order valence-electron chi connectivity index (χ4n) is 2.05. The second-order valence-electron chi connectivity index (χ2n) is 5.36. The lowest BCUT2D eigenvalue weighted by molar-refractivity contribution is -0.0933. The molecule has 2 N–H and O–H groups in total. The number of H-pyrrole nitrogens is 1. The van der Waals surface area contributed by atoms with Gasteiger partial charge in [0.05, 0.1) is 18.4 Å². The lowest BCUT2D eigenvalue weighted by Gasteiger charge is -2.47. The fraction of sp³-hybridized carbons (Fsp3) is 0.667. The summed E-state index contributed by atoms with van der Waals surface area (Å²) in [6.45, 7) is 5.40. The number of nitrogens with zero attached hydrogens (tertiary/aromatic N) is 2. The van der Waals surface area contributed by atoms with Crippen LogP contribution < -0.4 is 0 Å². The quantitative estimate of drug-likeness (QED) is 0.738. The number of esters is 1. The molecule has 1 fully saturated rings. The van der Waals surface area contributed by atoms with Crippen LogP contribution in [0.15, 0.2) is 11.2 Å². The van der Waals surface area contributed by atoms with Gasteiger partial charge in [0, 0.05) is 13.1 Å². The number of hydrogen-bond donors (Lipinski definition) is 2. The van der Waals surface area contributed by atoms with E-state index in [1.807, 2.05) is 13.8 Å². The second kappa shape index (κ2) is 5.39. The van der Waals surface area contributed by atoms with Crippen molar-refractivity contribution in [1.29, 1.82) is 0 Å². The number of aromatic amines is 1. The molecule has 118 valence electrons. The lowest BCUT2D eigenvalue weighted by atomic mass is 9.85. The number of rotatable bonds is 5. The van der Waals surface area contributed by atoms with Crippen LogP contribution >= 0.6 is 0 Å². The number of aromatic nitrogens is 2. The van der Waals surface area contributed by atoms with E-state index < -0.39 is 21.6 Å². The molecule has 0 unspecified atom stereocenters. The molecule has 0 aliphatic carbocycles. The van der Waals surface area contributed by atoms with E-state index >= 15 is 0 Å². The molecule has 0 radical (unpaired) electrons. The first-order chi connectivity index (χ1) is 9.72.